The number of sulfonamides is 1. The fourth-order valence-electron chi connectivity index (χ4n) is 0.876. The van der Waals surface area contributed by atoms with Crippen molar-refractivity contribution < 1.29 is 18.3 Å². The maximum atomic E-state index is 10.9. The Bertz CT molecular complexity index is 461. The fraction of sp³-hybridized carbons (Fsp3) is 0.333. The molecule has 1 rings (SSSR count). The number of aromatic carboxylic acids is 1. The third kappa shape index (κ3) is 2.22. The molecule has 0 atom stereocenters. The van der Waals surface area contributed by atoms with Crippen LogP contribution in [-0.4, -0.2) is 35.4 Å². The van der Waals surface area contributed by atoms with Crippen LogP contribution in [0.4, 0.5) is 0 Å². The van der Waals surface area contributed by atoms with Gasteiger partial charge in [-0.2, -0.15) is 0 Å². The molecule has 0 spiro atoms. The smallest absolute Gasteiger partial charge is 0.356 e. The fourth-order valence-corrected chi connectivity index (χ4v) is 1.44. The van der Waals surface area contributed by atoms with Crippen molar-refractivity contribution in [3.8, 4) is 0 Å². The first kappa shape index (κ1) is 10.5. The average molecular weight is 219 g/mol. The monoisotopic (exact) mass is 219 g/mol. The number of carboxylic acid groups (broad SMARTS) is 1. The van der Waals surface area contributed by atoms with Gasteiger partial charge < -0.3 is 5.11 Å². The van der Waals surface area contributed by atoms with Gasteiger partial charge in [-0.25, -0.2) is 27.7 Å². The second kappa shape index (κ2) is 3.29. The van der Waals surface area contributed by atoms with Crippen LogP contribution in [-0.2, 0) is 10.0 Å². The lowest BCUT2D eigenvalue weighted by atomic mass is 10.5. The zero-order chi connectivity index (χ0) is 10.9. The van der Waals surface area contributed by atoms with Gasteiger partial charge >= 0.3 is 5.97 Å². The van der Waals surface area contributed by atoms with E-state index in [1.54, 1.807) is 0 Å². The third-order valence-corrected chi connectivity index (χ3v) is 1.93. The molecule has 0 radical (unpaired) electrons. The number of rotatable bonds is 3. The minimum atomic E-state index is -3.52. The van der Waals surface area contributed by atoms with Gasteiger partial charge in [-0.15, -0.1) is 0 Å². The van der Waals surface area contributed by atoms with Gasteiger partial charge in [0, 0.05) is 0 Å². The molecular weight excluding hydrogens is 210 g/mol. The van der Waals surface area contributed by atoms with Crippen molar-refractivity contribution in [3.63, 3.8) is 0 Å². The first-order valence-corrected chi connectivity index (χ1v) is 5.46. The van der Waals surface area contributed by atoms with Crippen molar-refractivity contribution in [2.24, 2.45) is 0 Å². The number of hydrogen-bond donors (Lipinski definition) is 2. The van der Waals surface area contributed by atoms with Crippen molar-refractivity contribution >= 4 is 16.0 Å². The molecule has 2 N–H and O–H groups in total. The zero-order valence-electron chi connectivity index (χ0n) is 7.55. The second-order valence-electron chi connectivity index (χ2n) is 2.69. The van der Waals surface area contributed by atoms with Crippen LogP contribution in [0.5, 0.6) is 0 Å². The van der Waals surface area contributed by atoms with E-state index in [0.29, 0.717) is 0 Å². The van der Waals surface area contributed by atoms with E-state index in [4.69, 9.17) is 5.11 Å². The summed E-state index contributed by atoms with van der Waals surface area (Å²) in [6.45, 7) is 1.49. The minimum absolute atomic E-state index is 0.229. The van der Waals surface area contributed by atoms with Gasteiger partial charge in [-0.3, -0.25) is 0 Å². The maximum absolute atomic E-state index is 10.9. The van der Waals surface area contributed by atoms with Gasteiger partial charge in [0.05, 0.1) is 12.5 Å². The lowest BCUT2D eigenvalue weighted by Crippen LogP contribution is -2.26. The van der Waals surface area contributed by atoms with Crippen LogP contribution in [0.2, 0.25) is 0 Å². The molecular formula is C6H9N3O4S. The Morgan fingerprint density at radius 1 is 1.64 bits per heavy atom. The van der Waals surface area contributed by atoms with Crippen LogP contribution in [0.3, 0.4) is 0 Å². The quantitative estimate of drug-likeness (QED) is 0.706. The summed E-state index contributed by atoms with van der Waals surface area (Å²) in [6.07, 6.45) is 2.01. The van der Waals surface area contributed by atoms with E-state index < -0.39 is 16.0 Å². The van der Waals surface area contributed by atoms with Gasteiger partial charge in [-0.1, -0.05) is 0 Å². The van der Waals surface area contributed by atoms with Crippen LogP contribution < -0.4 is 4.83 Å². The highest BCUT2D eigenvalue weighted by atomic mass is 32.2. The molecule has 1 heterocycles. The summed E-state index contributed by atoms with van der Waals surface area (Å²) in [7, 11) is -3.52. The number of aromatic nitrogens is 2. The first-order chi connectivity index (χ1) is 6.31. The van der Waals surface area contributed by atoms with E-state index in [0.717, 1.165) is 17.1 Å². The molecule has 0 amide bonds. The molecule has 7 nitrogen and oxygen atoms in total. The molecule has 1 aromatic rings. The summed E-state index contributed by atoms with van der Waals surface area (Å²) in [5.41, 5.74) is -0.229. The number of nitrogens with zero attached hydrogens (tertiary/aromatic N) is 2. The number of nitrogens with one attached hydrogen (secondary N) is 1. The molecule has 14 heavy (non-hydrogen) atoms. The SMILES string of the molecule is Cc1ncc(C(=O)O)n1NS(C)(=O)=O. The van der Waals surface area contributed by atoms with Crippen LogP contribution in [0, 0.1) is 6.92 Å². The Labute approximate surface area is 80.4 Å². The Morgan fingerprint density at radius 3 is 2.64 bits per heavy atom. The van der Waals surface area contributed by atoms with E-state index in [-0.39, 0.29) is 11.5 Å². The molecule has 0 aliphatic rings. The lowest BCUT2D eigenvalue weighted by molar-refractivity contribution is 0.0687. The molecule has 0 aliphatic carbocycles. The number of hydrogen-bond acceptors (Lipinski definition) is 4. The van der Waals surface area contributed by atoms with E-state index >= 15 is 0 Å². The van der Waals surface area contributed by atoms with Gasteiger partial charge in [-0.05, 0) is 6.92 Å². The second-order valence-corrected chi connectivity index (χ2v) is 4.42. The van der Waals surface area contributed by atoms with E-state index in [9.17, 15) is 13.2 Å². The highest BCUT2D eigenvalue weighted by Gasteiger charge is 2.15. The normalized spacial score (nSPS) is 11.3. The molecule has 0 unspecified atom stereocenters. The predicted molar refractivity (Wildman–Crippen MR) is 48.1 cm³/mol. The molecule has 0 fully saturated rings. The zero-order valence-corrected chi connectivity index (χ0v) is 8.37. The van der Waals surface area contributed by atoms with Crippen molar-refractivity contribution in [2.45, 2.75) is 6.92 Å². The van der Waals surface area contributed by atoms with E-state index in [2.05, 4.69) is 4.98 Å². The molecule has 0 saturated heterocycles. The van der Waals surface area contributed by atoms with E-state index in [1.807, 2.05) is 4.83 Å². The summed E-state index contributed by atoms with van der Waals surface area (Å²) in [5, 5.41) is 8.68. The number of imidazole rings is 1. The van der Waals surface area contributed by atoms with Crippen molar-refractivity contribution in [2.75, 3.05) is 11.1 Å². The summed E-state index contributed by atoms with van der Waals surface area (Å²) >= 11 is 0. The predicted octanol–water partition coefficient (Wildman–Crippen LogP) is -0.607. The Morgan fingerprint density at radius 2 is 2.21 bits per heavy atom. The van der Waals surface area contributed by atoms with Gasteiger partial charge in [0.15, 0.2) is 5.69 Å². The Hall–Kier alpha value is -1.57. The molecule has 0 aliphatic heterocycles. The number of aryl methyl sites for hydroxylation is 1. The van der Waals surface area contributed by atoms with Gasteiger partial charge in [0.2, 0.25) is 10.0 Å². The van der Waals surface area contributed by atoms with Crippen LogP contribution in [0.15, 0.2) is 6.20 Å². The Balaban J connectivity index is 3.19. The molecule has 0 bridgehead atoms. The summed E-state index contributed by atoms with van der Waals surface area (Å²) < 4.78 is 22.6. The number of carbonyl (C=O) groups is 1. The molecule has 78 valence electrons. The van der Waals surface area contributed by atoms with Crippen LogP contribution >= 0.6 is 0 Å². The van der Waals surface area contributed by atoms with Gasteiger partial charge in [0.25, 0.3) is 0 Å². The summed E-state index contributed by atoms with van der Waals surface area (Å²) in [5.74, 6) is -0.991. The van der Waals surface area contributed by atoms with Gasteiger partial charge in [0.1, 0.15) is 5.82 Å². The van der Waals surface area contributed by atoms with Crippen molar-refractivity contribution in [3.05, 3.63) is 17.7 Å². The Kier molecular flexibility index (Phi) is 2.47. The topological polar surface area (TPSA) is 101 Å². The molecule has 0 aromatic carbocycles. The summed E-state index contributed by atoms with van der Waals surface area (Å²) in [4.78, 5) is 16.3. The van der Waals surface area contributed by atoms with Crippen molar-refractivity contribution in [1.29, 1.82) is 0 Å². The van der Waals surface area contributed by atoms with Crippen LogP contribution in [0.25, 0.3) is 0 Å². The van der Waals surface area contributed by atoms with E-state index in [1.165, 1.54) is 6.92 Å². The molecule has 1 aromatic heterocycles. The number of carboxylic acids is 1. The van der Waals surface area contributed by atoms with Crippen molar-refractivity contribution in [1.82, 2.24) is 9.66 Å². The minimum Gasteiger partial charge on any atom is -0.476 e. The third-order valence-electron chi connectivity index (χ3n) is 1.41. The molecule has 0 saturated carbocycles. The highest BCUT2D eigenvalue weighted by Crippen LogP contribution is 2.02. The average Bonchev–Trinajstić information content (AvgIpc) is 2.29. The standard InChI is InChI=1S/C6H9N3O4S/c1-4-7-3-5(6(10)11)9(4)8-14(2,12)13/h3,8H,1-2H3,(H,10,11). The summed E-state index contributed by atoms with van der Waals surface area (Å²) in [6, 6.07) is 0. The highest BCUT2D eigenvalue weighted by molar-refractivity contribution is 7.91. The maximum Gasteiger partial charge on any atom is 0.356 e. The first-order valence-electron chi connectivity index (χ1n) is 3.56. The molecule has 8 heteroatoms. The van der Waals surface area contributed by atoms with Crippen LogP contribution in [0.1, 0.15) is 16.3 Å². The largest absolute Gasteiger partial charge is 0.476 e. The lowest BCUT2D eigenvalue weighted by Gasteiger charge is -2.08.